The fourth-order valence-corrected chi connectivity index (χ4v) is 4.12. The molecule has 22 heavy (non-hydrogen) atoms. The number of piperidine rings is 3. The zero-order chi connectivity index (χ0) is 14.6. The molecule has 6 nitrogen and oxygen atoms in total. The number of nitrogens with one attached hydrogen (secondary N) is 2. The lowest BCUT2D eigenvalue weighted by molar-refractivity contribution is -0.148. The van der Waals surface area contributed by atoms with E-state index in [1.54, 1.807) is 0 Å². The Bertz CT molecular complexity index is 639. The molecule has 6 rings (SSSR count). The molecule has 2 bridgehead atoms. The lowest BCUT2D eigenvalue weighted by atomic mass is 9.81. The van der Waals surface area contributed by atoms with Crippen molar-refractivity contribution in [1.29, 1.82) is 0 Å². The fraction of sp³-hybridized carbons (Fsp3) is 0.562. The van der Waals surface area contributed by atoms with Crippen LogP contribution in [0.15, 0.2) is 23.4 Å². The van der Waals surface area contributed by atoms with Crippen molar-refractivity contribution < 1.29 is 9.57 Å². The summed E-state index contributed by atoms with van der Waals surface area (Å²) in [6.45, 7) is 4.81. The molecular weight excluding hydrogens is 280 g/mol. The van der Waals surface area contributed by atoms with E-state index in [4.69, 9.17) is 9.57 Å². The number of benzene rings is 1. The van der Waals surface area contributed by atoms with Gasteiger partial charge in [-0.15, -0.1) is 0 Å². The fourth-order valence-electron chi connectivity index (χ4n) is 4.12. The highest BCUT2D eigenvalue weighted by Crippen LogP contribution is 2.40. The Morgan fingerprint density at radius 2 is 2.18 bits per heavy atom. The van der Waals surface area contributed by atoms with Crippen LogP contribution < -0.4 is 15.4 Å². The maximum Gasteiger partial charge on any atom is 0.224 e. The molecule has 116 valence electrons. The number of oxime groups is 1. The molecule has 5 aliphatic rings. The van der Waals surface area contributed by atoms with Crippen LogP contribution in [-0.4, -0.2) is 49.2 Å². The van der Waals surface area contributed by atoms with Crippen molar-refractivity contribution in [3.63, 3.8) is 0 Å². The Balaban J connectivity index is 1.46. The number of para-hydroxylation sites is 1. The largest absolute Gasteiger partial charge is 0.490 e. The topological polar surface area (TPSA) is 58.1 Å². The highest BCUT2D eigenvalue weighted by molar-refractivity contribution is 6.05. The third kappa shape index (κ3) is 1.73. The van der Waals surface area contributed by atoms with Gasteiger partial charge in [-0.05, 0) is 38.1 Å². The minimum absolute atomic E-state index is 0.329. The summed E-state index contributed by atoms with van der Waals surface area (Å²) in [5, 5.41) is 11.4. The number of nitrogens with zero attached hydrogens (tertiary/aromatic N) is 2. The first kappa shape index (κ1) is 12.6. The average molecular weight is 300 g/mol. The van der Waals surface area contributed by atoms with Crippen LogP contribution in [0.2, 0.25) is 0 Å². The van der Waals surface area contributed by atoms with Gasteiger partial charge in [-0.2, -0.15) is 0 Å². The van der Waals surface area contributed by atoms with E-state index in [9.17, 15) is 0 Å². The smallest absolute Gasteiger partial charge is 0.224 e. The van der Waals surface area contributed by atoms with Gasteiger partial charge in [0.25, 0.3) is 0 Å². The Morgan fingerprint density at radius 1 is 1.27 bits per heavy atom. The molecule has 3 saturated heterocycles. The lowest BCUT2D eigenvalue weighted by Gasteiger charge is -2.49. The van der Waals surface area contributed by atoms with Gasteiger partial charge in [0.2, 0.25) is 5.72 Å². The average Bonchev–Trinajstić information content (AvgIpc) is 2.99. The van der Waals surface area contributed by atoms with Gasteiger partial charge < -0.3 is 20.2 Å². The van der Waals surface area contributed by atoms with Gasteiger partial charge in [-0.3, -0.25) is 4.90 Å². The Morgan fingerprint density at radius 3 is 3.00 bits per heavy atom. The molecule has 0 aliphatic carbocycles. The first-order chi connectivity index (χ1) is 10.8. The SMILES string of the molecule is c1cc2c(c(C3=NO[C@]4(CN5CCC4CC5)N3)c1)NCCO2. The van der Waals surface area contributed by atoms with E-state index in [2.05, 4.69) is 26.8 Å². The third-order valence-electron chi connectivity index (χ3n) is 5.28. The summed E-state index contributed by atoms with van der Waals surface area (Å²) >= 11 is 0. The number of rotatable bonds is 1. The van der Waals surface area contributed by atoms with Crippen LogP contribution in [-0.2, 0) is 4.84 Å². The van der Waals surface area contributed by atoms with Crippen molar-refractivity contribution in [1.82, 2.24) is 10.2 Å². The monoisotopic (exact) mass is 300 g/mol. The van der Waals surface area contributed by atoms with E-state index < -0.39 is 0 Å². The number of ether oxygens (including phenoxy) is 1. The van der Waals surface area contributed by atoms with Crippen molar-refractivity contribution in [3.8, 4) is 5.75 Å². The van der Waals surface area contributed by atoms with Gasteiger partial charge in [0.1, 0.15) is 12.4 Å². The molecular formula is C16H20N4O2. The second kappa shape index (κ2) is 4.52. The minimum atomic E-state index is -0.329. The van der Waals surface area contributed by atoms with Crippen molar-refractivity contribution in [3.05, 3.63) is 23.8 Å². The molecule has 1 atom stereocenters. The summed E-state index contributed by atoms with van der Waals surface area (Å²) in [5.74, 6) is 2.26. The molecule has 0 radical (unpaired) electrons. The minimum Gasteiger partial charge on any atom is -0.490 e. The number of anilines is 1. The van der Waals surface area contributed by atoms with Crippen LogP contribution in [0.1, 0.15) is 18.4 Å². The molecule has 3 fully saturated rings. The zero-order valence-corrected chi connectivity index (χ0v) is 12.5. The first-order valence-corrected chi connectivity index (χ1v) is 8.11. The highest BCUT2D eigenvalue weighted by atomic mass is 16.7. The van der Waals surface area contributed by atoms with Gasteiger partial charge in [0, 0.05) is 18.0 Å². The van der Waals surface area contributed by atoms with E-state index in [0.717, 1.165) is 35.9 Å². The molecule has 5 aliphatic heterocycles. The molecule has 0 saturated carbocycles. The molecule has 0 aromatic heterocycles. The molecule has 0 unspecified atom stereocenters. The quantitative estimate of drug-likeness (QED) is 0.816. The summed E-state index contributed by atoms with van der Waals surface area (Å²) < 4.78 is 5.72. The highest BCUT2D eigenvalue weighted by Gasteiger charge is 2.52. The van der Waals surface area contributed by atoms with Crippen LogP contribution in [0.25, 0.3) is 0 Å². The number of fused-ring (bicyclic) bond motifs is 3. The Hall–Kier alpha value is -1.95. The molecule has 1 spiro atoms. The number of hydrogen-bond acceptors (Lipinski definition) is 6. The van der Waals surface area contributed by atoms with E-state index in [1.807, 2.05) is 12.1 Å². The van der Waals surface area contributed by atoms with Crippen molar-refractivity contribution in [2.45, 2.75) is 18.6 Å². The lowest BCUT2D eigenvalue weighted by Crippen LogP contribution is -2.65. The predicted octanol–water partition coefficient (Wildman–Crippen LogP) is 1.19. The molecule has 6 heteroatoms. The second-order valence-electron chi connectivity index (χ2n) is 6.55. The van der Waals surface area contributed by atoms with Crippen LogP contribution in [0, 0.1) is 5.92 Å². The molecule has 1 aromatic rings. The molecule has 5 heterocycles. The van der Waals surface area contributed by atoms with E-state index in [1.165, 1.54) is 25.9 Å². The van der Waals surface area contributed by atoms with E-state index in [0.29, 0.717) is 12.5 Å². The summed E-state index contributed by atoms with van der Waals surface area (Å²) in [6, 6.07) is 6.06. The summed E-state index contributed by atoms with van der Waals surface area (Å²) in [7, 11) is 0. The van der Waals surface area contributed by atoms with E-state index in [-0.39, 0.29) is 5.72 Å². The zero-order valence-electron chi connectivity index (χ0n) is 12.5. The Kier molecular flexibility index (Phi) is 2.59. The van der Waals surface area contributed by atoms with E-state index >= 15 is 0 Å². The third-order valence-corrected chi connectivity index (χ3v) is 5.28. The first-order valence-electron chi connectivity index (χ1n) is 8.11. The maximum atomic E-state index is 5.94. The van der Waals surface area contributed by atoms with Crippen LogP contribution in [0.3, 0.4) is 0 Å². The molecule has 1 aromatic carbocycles. The molecule has 0 amide bonds. The summed E-state index contributed by atoms with van der Waals surface area (Å²) in [4.78, 5) is 8.41. The molecule has 2 N–H and O–H groups in total. The maximum absolute atomic E-state index is 5.94. The number of amidine groups is 1. The van der Waals surface area contributed by atoms with Gasteiger partial charge in [-0.25, -0.2) is 0 Å². The van der Waals surface area contributed by atoms with Gasteiger partial charge in [0.05, 0.1) is 12.2 Å². The van der Waals surface area contributed by atoms with Crippen LogP contribution >= 0.6 is 0 Å². The van der Waals surface area contributed by atoms with Crippen molar-refractivity contribution >= 4 is 11.5 Å². The van der Waals surface area contributed by atoms with Gasteiger partial charge in [-0.1, -0.05) is 11.2 Å². The van der Waals surface area contributed by atoms with Crippen molar-refractivity contribution in [2.24, 2.45) is 11.1 Å². The van der Waals surface area contributed by atoms with Crippen molar-refractivity contribution in [2.75, 3.05) is 38.1 Å². The normalized spacial score (nSPS) is 35.0. The van der Waals surface area contributed by atoms with Crippen LogP contribution in [0.4, 0.5) is 5.69 Å². The second-order valence-corrected chi connectivity index (χ2v) is 6.55. The van der Waals surface area contributed by atoms with Crippen LogP contribution in [0.5, 0.6) is 5.75 Å². The van der Waals surface area contributed by atoms with Gasteiger partial charge >= 0.3 is 0 Å². The predicted molar refractivity (Wildman–Crippen MR) is 83.1 cm³/mol. The standard InChI is InChI=1S/C16H20N4O2/c1-2-12(14-13(3-1)21-9-6-17-14)15-18-16(22-19-15)10-20-7-4-11(16)5-8-20/h1-3,11,17H,4-10H2,(H,18,19)/t16-/m0/s1. The summed E-state index contributed by atoms with van der Waals surface area (Å²) in [6.07, 6.45) is 2.37. The number of hydrogen-bond donors (Lipinski definition) is 2. The van der Waals surface area contributed by atoms with Gasteiger partial charge in [0.15, 0.2) is 5.84 Å². The Labute approximate surface area is 129 Å². The summed E-state index contributed by atoms with van der Waals surface area (Å²) in [5.41, 5.74) is 1.72.